The Morgan fingerprint density at radius 3 is 2.59 bits per heavy atom. The van der Waals surface area contributed by atoms with Crippen LogP contribution in [0.5, 0.6) is 0 Å². The monoisotopic (exact) mass is 532 g/mol. The highest BCUT2D eigenvalue weighted by Gasteiger charge is 2.49. The maximum absolute atomic E-state index is 13.7. The zero-order chi connectivity index (χ0) is 26.5. The third kappa shape index (κ3) is 4.15. The maximum atomic E-state index is 13.7. The highest BCUT2D eigenvalue weighted by Crippen LogP contribution is 2.47. The van der Waals surface area contributed by atoms with E-state index in [2.05, 4.69) is 25.1 Å². The largest absolute Gasteiger partial charge is 0.352 e. The van der Waals surface area contributed by atoms with Crippen LogP contribution in [0.2, 0.25) is 0 Å². The SMILES string of the molecule is CC1CN(c2ncnc3c2C(C)(C)CN3c2cc(C#N)c(C(F)F)nn2)CCN1C(=O)[C@]1(CF)CCS1. The average Bonchev–Trinajstić information content (AvgIpc) is 3.14. The van der Waals surface area contributed by atoms with Crippen molar-refractivity contribution < 1.29 is 18.0 Å². The number of hydrogen-bond donors (Lipinski definition) is 0. The number of aromatic nitrogens is 4. The molecule has 2 fully saturated rings. The van der Waals surface area contributed by atoms with E-state index in [-0.39, 0.29) is 23.3 Å². The predicted octanol–water partition coefficient (Wildman–Crippen LogP) is 3.39. The second kappa shape index (κ2) is 9.31. The number of rotatable bonds is 5. The Morgan fingerprint density at radius 1 is 1.27 bits per heavy atom. The van der Waals surface area contributed by atoms with E-state index < -0.39 is 29.0 Å². The smallest absolute Gasteiger partial charge is 0.283 e. The van der Waals surface area contributed by atoms with Crippen LogP contribution in [-0.2, 0) is 10.2 Å². The molecule has 196 valence electrons. The molecule has 5 rings (SSSR count). The van der Waals surface area contributed by atoms with E-state index in [4.69, 9.17) is 0 Å². The van der Waals surface area contributed by atoms with Gasteiger partial charge in [-0.05, 0) is 19.1 Å². The number of anilines is 3. The summed E-state index contributed by atoms with van der Waals surface area (Å²) in [7, 11) is 0. The second-order valence-electron chi connectivity index (χ2n) is 10.3. The summed E-state index contributed by atoms with van der Waals surface area (Å²) < 4.78 is 39.2. The van der Waals surface area contributed by atoms with E-state index in [9.17, 15) is 23.2 Å². The number of piperazine rings is 1. The van der Waals surface area contributed by atoms with Gasteiger partial charge in [0.1, 0.15) is 41.1 Å². The van der Waals surface area contributed by atoms with Gasteiger partial charge in [0, 0.05) is 49.3 Å². The van der Waals surface area contributed by atoms with Crippen molar-refractivity contribution in [2.45, 2.75) is 49.8 Å². The highest BCUT2D eigenvalue weighted by molar-refractivity contribution is 8.02. The molecule has 2 aromatic heterocycles. The number of carbonyl (C=O) groups excluding carboxylic acids is 1. The number of hydrogen-bond acceptors (Lipinski definition) is 9. The normalized spacial score (nSPS) is 24.6. The van der Waals surface area contributed by atoms with Gasteiger partial charge in [0.15, 0.2) is 5.82 Å². The zero-order valence-electron chi connectivity index (χ0n) is 20.8. The minimum Gasteiger partial charge on any atom is -0.352 e. The molecule has 0 radical (unpaired) electrons. The molecule has 3 aliphatic rings. The van der Waals surface area contributed by atoms with Crippen LogP contribution < -0.4 is 9.80 Å². The Balaban J connectivity index is 1.44. The summed E-state index contributed by atoms with van der Waals surface area (Å²) in [4.78, 5) is 27.9. The molecule has 2 saturated heterocycles. The number of carbonyl (C=O) groups is 1. The summed E-state index contributed by atoms with van der Waals surface area (Å²) in [6.45, 7) is 7.33. The van der Waals surface area contributed by atoms with Crippen molar-refractivity contribution in [2.24, 2.45) is 0 Å². The number of thioether (sulfide) groups is 1. The first-order chi connectivity index (χ1) is 17.6. The van der Waals surface area contributed by atoms with E-state index in [0.717, 1.165) is 17.1 Å². The number of amides is 1. The fourth-order valence-corrected chi connectivity index (χ4v) is 6.34. The van der Waals surface area contributed by atoms with Gasteiger partial charge in [-0.25, -0.2) is 23.1 Å². The molecular weight excluding hydrogens is 505 g/mol. The van der Waals surface area contributed by atoms with Crippen molar-refractivity contribution >= 4 is 35.1 Å². The Kier molecular flexibility index (Phi) is 6.42. The highest BCUT2D eigenvalue weighted by atomic mass is 32.2. The first-order valence-electron chi connectivity index (χ1n) is 12.1. The molecule has 0 N–H and O–H groups in total. The minimum absolute atomic E-state index is 0.128. The molecule has 37 heavy (non-hydrogen) atoms. The molecule has 1 unspecified atom stereocenters. The van der Waals surface area contributed by atoms with Gasteiger partial charge in [-0.2, -0.15) is 5.26 Å². The van der Waals surface area contributed by atoms with Crippen LogP contribution in [0, 0.1) is 11.3 Å². The summed E-state index contributed by atoms with van der Waals surface area (Å²) in [6.07, 6.45) is -0.888. The van der Waals surface area contributed by atoms with Gasteiger partial charge >= 0.3 is 0 Å². The lowest BCUT2D eigenvalue weighted by Gasteiger charge is -2.47. The quantitative estimate of drug-likeness (QED) is 0.573. The Morgan fingerprint density at radius 2 is 2.00 bits per heavy atom. The fourth-order valence-electron chi connectivity index (χ4n) is 5.32. The lowest BCUT2D eigenvalue weighted by Crippen LogP contribution is -2.61. The van der Waals surface area contributed by atoms with Crippen LogP contribution in [-0.4, -0.2) is 80.4 Å². The summed E-state index contributed by atoms with van der Waals surface area (Å²) in [5, 5.41) is 17.0. The Hall–Kier alpha value is -3.14. The van der Waals surface area contributed by atoms with Crippen LogP contribution in [0.25, 0.3) is 0 Å². The van der Waals surface area contributed by atoms with E-state index in [1.165, 1.54) is 24.2 Å². The zero-order valence-corrected chi connectivity index (χ0v) is 21.6. The van der Waals surface area contributed by atoms with E-state index in [0.29, 0.717) is 38.4 Å². The summed E-state index contributed by atoms with van der Waals surface area (Å²) >= 11 is 1.39. The standard InChI is InChI=1S/C24H27F3N8OS/c1-14-10-33(5-6-34(14)22(36)24(11-25)4-7-37-24)20-17-21(30-13-29-20)35(12-23(17,2)3)16-8-15(9-28)18(19(26)27)32-31-16/h8,13-14,19H,4-7,10-12H2,1-3H3/t14?,24-/m1/s1. The predicted molar refractivity (Wildman–Crippen MR) is 133 cm³/mol. The first kappa shape index (κ1) is 25.5. The topological polar surface area (TPSA) is 102 Å². The van der Waals surface area contributed by atoms with Gasteiger partial charge in [0.2, 0.25) is 5.91 Å². The number of nitriles is 1. The third-order valence-electron chi connectivity index (χ3n) is 7.38. The van der Waals surface area contributed by atoms with E-state index >= 15 is 0 Å². The number of fused-ring (bicyclic) bond motifs is 1. The van der Waals surface area contributed by atoms with Gasteiger partial charge in [0.25, 0.3) is 6.43 Å². The molecule has 1 amide bonds. The van der Waals surface area contributed by atoms with Crippen molar-refractivity contribution in [2.75, 3.05) is 48.4 Å². The maximum Gasteiger partial charge on any atom is 0.283 e. The summed E-state index contributed by atoms with van der Waals surface area (Å²) in [5.74, 6) is 2.24. The van der Waals surface area contributed by atoms with Gasteiger partial charge in [-0.15, -0.1) is 22.0 Å². The summed E-state index contributed by atoms with van der Waals surface area (Å²) in [5.41, 5.74) is -0.441. The first-order valence-corrected chi connectivity index (χ1v) is 13.1. The van der Waals surface area contributed by atoms with Crippen molar-refractivity contribution in [3.05, 3.63) is 29.2 Å². The molecule has 0 saturated carbocycles. The molecule has 5 heterocycles. The van der Waals surface area contributed by atoms with Crippen LogP contribution in [0.15, 0.2) is 12.4 Å². The molecule has 0 aliphatic carbocycles. The van der Waals surface area contributed by atoms with Crippen LogP contribution in [0.1, 0.15) is 50.4 Å². The van der Waals surface area contributed by atoms with Crippen LogP contribution >= 0.6 is 11.8 Å². The summed E-state index contributed by atoms with van der Waals surface area (Å²) in [6, 6.07) is 2.96. The van der Waals surface area contributed by atoms with E-state index in [1.54, 1.807) is 15.9 Å². The van der Waals surface area contributed by atoms with Crippen molar-refractivity contribution in [1.82, 2.24) is 25.1 Å². The minimum atomic E-state index is -2.90. The molecule has 13 heteroatoms. The molecule has 0 spiro atoms. The van der Waals surface area contributed by atoms with Crippen molar-refractivity contribution in [3.63, 3.8) is 0 Å². The fraction of sp³-hybridized carbons (Fsp3) is 0.583. The van der Waals surface area contributed by atoms with Gasteiger partial charge in [-0.3, -0.25) is 4.79 Å². The van der Waals surface area contributed by atoms with Gasteiger partial charge in [-0.1, -0.05) is 13.8 Å². The van der Waals surface area contributed by atoms with Gasteiger partial charge in [0.05, 0.1) is 5.56 Å². The second-order valence-corrected chi connectivity index (χ2v) is 11.8. The van der Waals surface area contributed by atoms with Crippen LogP contribution in [0.3, 0.4) is 0 Å². The molecule has 2 aromatic rings. The van der Waals surface area contributed by atoms with Crippen LogP contribution in [0.4, 0.5) is 30.6 Å². The molecular formula is C24H27F3N8OS. The van der Waals surface area contributed by atoms with E-state index in [1.807, 2.05) is 20.8 Å². The number of halogens is 3. The molecule has 0 aromatic carbocycles. The number of alkyl halides is 3. The molecule has 0 bridgehead atoms. The number of nitrogens with zero attached hydrogens (tertiary/aromatic N) is 8. The molecule has 9 nitrogen and oxygen atoms in total. The average molecular weight is 533 g/mol. The molecule has 2 atom stereocenters. The molecule has 3 aliphatic heterocycles. The lowest BCUT2D eigenvalue weighted by molar-refractivity contribution is -0.137. The van der Waals surface area contributed by atoms with Crippen molar-refractivity contribution in [1.29, 1.82) is 5.26 Å². The van der Waals surface area contributed by atoms with Gasteiger partial charge < -0.3 is 14.7 Å². The third-order valence-corrected chi connectivity index (χ3v) is 8.83. The van der Waals surface area contributed by atoms with Crippen molar-refractivity contribution in [3.8, 4) is 6.07 Å². The Labute approximate surface area is 217 Å². The Bertz CT molecular complexity index is 1260. The lowest BCUT2D eigenvalue weighted by atomic mass is 9.87.